The number of rotatable bonds is 3. The number of hydrogen-bond acceptors (Lipinski definition) is 5. The number of nitrogens with two attached hydrogens (primary N) is 1. The largest absolute Gasteiger partial charge is 0.443 e. The molecule has 0 unspecified atom stereocenters. The molecule has 1 saturated carbocycles. The molecule has 2 aromatic heterocycles. The van der Waals surface area contributed by atoms with Gasteiger partial charge in [0.15, 0.2) is 0 Å². The molecule has 27 heavy (non-hydrogen) atoms. The minimum absolute atomic E-state index is 0.144. The number of anilines is 1. The molecule has 0 radical (unpaired) electrons. The Labute approximate surface area is 162 Å². The first-order valence-corrected chi connectivity index (χ1v) is 10.1. The van der Waals surface area contributed by atoms with E-state index in [1.54, 1.807) is 17.6 Å². The van der Waals surface area contributed by atoms with Gasteiger partial charge in [0.1, 0.15) is 11.9 Å². The molecule has 1 fully saturated rings. The minimum atomic E-state index is -0.144. The number of benzene rings is 1. The number of pyridine rings is 1. The number of hydrogen-bond donors (Lipinski definition) is 1. The summed E-state index contributed by atoms with van der Waals surface area (Å²) in [5.74, 6) is 0.632. The smallest absolute Gasteiger partial charge is 0.243 e. The predicted octanol–water partition coefficient (Wildman–Crippen LogP) is 5.11. The molecule has 0 spiro atoms. The van der Waals surface area contributed by atoms with Crippen LogP contribution >= 0.6 is 11.3 Å². The Bertz CT molecular complexity index is 1000. The molecule has 1 aliphatic carbocycles. The van der Waals surface area contributed by atoms with Crippen LogP contribution in [0.1, 0.15) is 24.8 Å². The van der Waals surface area contributed by atoms with E-state index in [1.165, 1.54) is 17.5 Å². The highest BCUT2D eigenvalue weighted by Crippen LogP contribution is 2.42. The van der Waals surface area contributed by atoms with Gasteiger partial charge in [0.05, 0.1) is 5.69 Å². The van der Waals surface area contributed by atoms with Crippen molar-refractivity contribution < 1.29 is 4.74 Å². The third kappa shape index (κ3) is 2.74. The van der Waals surface area contributed by atoms with Crippen molar-refractivity contribution in [2.75, 3.05) is 11.9 Å². The number of fused-ring (bicyclic) bond motifs is 1. The van der Waals surface area contributed by atoms with Crippen molar-refractivity contribution >= 4 is 17.0 Å². The van der Waals surface area contributed by atoms with Crippen molar-refractivity contribution in [1.82, 2.24) is 4.98 Å². The molecule has 3 aromatic rings. The Hall–Kier alpha value is -2.63. The summed E-state index contributed by atoms with van der Waals surface area (Å²) < 4.78 is 5.68. The van der Waals surface area contributed by atoms with Gasteiger partial charge in [-0.15, -0.1) is 0 Å². The summed E-state index contributed by atoms with van der Waals surface area (Å²) in [7, 11) is 2.00. The molecule has 0 saturated heterocycles. The molecular formula is C22H21N3OS. The summed E-state index contributed by atoms with van der Waals surface area (Å²) in [6.45, 7) is 0. The van der Waals surface area contributed by atoms with E-state index in [2.05, 4.69) is 47.2 Å². The first kappa shape index (κ1) is 16.5. The highest BCUT2D eigenvalue weighted by molar-refractivity contribution is 7.08. The fourth-order valence-electron chi connectivity index (χ4n) is 3.76. The molecule has 3 heterocycles. The van der Waals surface area contributed by atoms with E-state index in [4.69, 9.17) is 15.5 Å². The Morgan fingerprint density at radius 1 is 1.15 bits per heavy atom. The molecule has 4 nitrogen and oxygen atoms in total. The lowest BCUT2D eigenvalue weighted by Gasteiger charge is -2.38. The molecule has 0 bridgehead atoms. The summed E-state index contributed by atoms with van der Waals surface area (Å²) in [5, 5.41) is 4.25. The van der Waals surface area contributed by atoms with E-state index in [0.29, 0.717) is 5.88 Å². The molecular weight excluding hydrogens is 354 g/mol. The minimum Gasteiger partial charge on any atom is -0.443 e. The summed E-state index contributed by atoms with van der Waals surface area (Å²) in [5.41, 5.74) is 12.8. The van der Waals surface area contributed by atoms with Crippen LogP contribution in [0.2, 0.25) is 0 Å². The maximum atomic E-state index is 6.48. The van der Waals surface area contributed by atoms with Crippen molar-refractivity contribution in [1.29, 1.82) is 0 Å². The van der Waals surface area contributed by atoms with E-state index in [1.807, 2.05) is 18.1 Å². The van der Waals surface area contributed by atoms with Crippen molar-refractivity contribution in [2.24, 2.45) is 5.73 Å². The Kier molecular flexibility index (Phi) is 3.81. The molecule has 5 heteroatoms. The highest BCUT2D eigenvalue weighted by Gasteiger charge is 2.34. The first-order chi connectivity index (χ1) is 13.1. The van der Waals surface area contributed by atoms with Gasteiger partial charge in [0.25, 0.3) is 0 Å². The molecule has 0 amide bonds. The Balaban J connectivity index is 1.63. The Morgan fingerprint density at radius 2 is 1.96 bits per heavy atom. The van der Waals surface area contributed by atoms with Gasteiger partial charge in [-0.05, 0) is 53.3 Å². The predicted molar refractivity (Wildman–Crippen MR) is 111 cm³/mol. The van der Waals surface area contributed by atoms with Crippen LogP contribution in [0.15, 0.2) is 59.6 Å². The normalized spacial score (nSPS) is 17.2. The standard InChI is InChI=1S/C22H21N3OS/c1-25-10-11-26-21-19(25)13-18(16-7-12-27-14-16)20(24-21)15-3-5-17(6-4-15)22(23)8-2-9-22/h3-7,10-14H,2,8-9,23H2,1H3. The van der Waals surface area contributed by atoms with Crippen molar-refractivity contribution in [3.63, 3.8) is 0 Å². The van der Waals surface area contributed by atoms with E-state index < -0.39 is 0 Å². The third-order valence-corrected chi connectivity index (χ3v) is 6.31. The topological polar surface area (TPSA) is 51.4 Å². The first-order valence-electron chi connectivity index (χ1n) is 9.18. The van der Waals surface area contributed by atoms with Crippen LogP contribution in [0.4, 0.5) is 5.69 Å². The van der Waals surface area contributed by atoms with Gasteiger partial charge in [-0.1, -0.05) is 24.3 Å². The molecule has 5 rings (SSSR count). The van der Waals surface area contributed by atoms with Gasteiger partial charge < -0.3 is 15.4 Å². The molecule has 2 aliphatic rings. The molecule has 0 atom stereocenters. The maximum Gasteiger partial charge on any atom is 0.243 e. The van der Waals surface area contributed by atoms with Crippen LogP contribution in [0.25, 0.3) is 22.4 Å². The number of thiophene rings is 1. The quantitative estimate of drug-likeness (QED) is 0.691. The monoisotopic (exact) mass is 375 g/mol. The average Bonchev–Trinajstić information content (AvgIpc) is 3.20. The molecule has 1 aromatic carbocycles. The van der Waals surface area contributed by atoms with E-state index in [0.717, 1.165) is 35.3 Å². The van der Waals surface area contributed by atoms with Crippen LogP contribution < -0.4 is 15.4 Å². The van der Waals surface area contributed by atoms with Gasteiger partial charge in [0, 0.05) is 29.9 Å². The van der Waals surface area contributed by atoms with Gasteiger partial charge in [-0.3, -0.25) is 0 Å². The summed E-state index contributed by atoms with van der Waals surface area (Å²) in [6, 6.07) is 12.9. The fourth-order valence-corrected chi connectivity index (χ4v) is 4.41. The lowest BCUT2D eigenvalue weighted by atomic mass is 9.72. The third-order valence-electron chi connectivity index (χ3n) is 5.62. The van der Waals surface area contributed by atoms with Crippen LogP contribution in [-0.2, 0) is 5.54 Å². The van der Waals surface area contributed by atoms with E-state index in [-0.39, 0.29) is 5.54 Å². The number of nitrogens with zero attached hydrogens (tertiary/aromatic N) is 2. The summed E-state index contributed by atoms with van der Waals surface area (Å²) in [6.07, 6.45) is 6.91. The summed E-state index contributed by atoms with van der Waals surface area (Å²) >= 11 is 1.69. The molecule has 136 valence electrons. The van der Waals surface area contributed by atoms with Crippen LogP contribution in [-0.4, -0.2) is 12.0 Å². The lowest BCUT2D eigenvalue weighted by Crippen LogP contribution is -2.43. The Morgan fingerprint density at radius 3 is 2.63 bits per heavy atom. The second-order valence-corrected chi connectivity index (χ2v) is 8.10. The van der Waals surface area contributed by atoms with Gasteiger partial charge >= 0.3 is 0 Å². The second kappa shape index (κ2) is 6.22. The van der Waals surface area contributed by atoms with E-state index >= 15 is 0 Å². The van der Waals surface area contributed by atoms with Gasteiger partial charge in [-0.25, -0.2) is 4.98 Å². The van der Waals surface area contributed by atoms with Crippen molar-refractivity contribution in [3.05, 3.63) is 65.2 Å². The van der Waals surface area contributed by atoms with E-state index in [9.17, 15) is 0 Å². The molecule has 2 N–H and O–H groups in total. The fraction of sp³-hybridized carbons (Fsp3) is 0.227. The number of aromatic nitrogens is 1. The molecule has 1 aliphatic heterocycles. The zero-order chi connectivity index (χ0) is 18.4. The number of ether oxygens (including phenoxy) is 1. The zero-order valence-corrected chi connectivity index (χ0v) is 16.0. The SMILES string of the molecule is CN1C=COc2nc(-c3ccc(C4(N)CCC4)cc3)c(-c3ccsc3)cc21. The van der Waals surface area contributed by atoms with Crippen LogP contribution in [0.5, 0.6) is 5.88 Å². The van der Waals surface area contributed by atoms with Crippen LogP contribution in [0, 0.1) is 0 Å². The second-order valence-electron chi connectivity index (χ2n) is 7.32. The maximum absolute atomic E-state index is 6.48. The highest BCUT2D eigenvalue weighted by atomic mass is 32.1. The summed E-state index contributed by atoms with van der Waals surface area (Å²) in [4.78, 5) is 6.91. The van der Waals surface area contributed by atoms with Crippen molar-refractivity contribution in [2.45, 2.75) is 24.8 Å². The van der Waals surface area contributed by atoms with Gasteiger partial charge in [0.2, 0.25) is 5.88 Å². The van der Waals surface area contributed by atoms with Crippen LogP contribution in [0.3, 0.4) is 0 Å². The zero-order valence-electron chi connectivity index (χ0n) is 15.2. The van der Waals surface area contributed by atoms with Gasteiger partial charge in [-0.2, -0.15) is 11.3 Å². The van der Waals surface area contributed by atoms with Crippen molar-refractivity contribution in [3.8, 4) is 28.3 Å². The average molecular weight is 375 g/mol. The lowest BCUT2D eigenvalue weighted by molar-refractivity contribution is 0.253.